The molecule has 2 rings (SSSR count). The number of hydrogen-bond donors (Lipinski definition) is 1. The van der Waals surface area contributed by atoms with Crippen molar-refractivity contribution in [2.45, 2.75) is 36.4 Å². The van der Waals surface area contributed by atoms with Gasteiger partial charge >= 0.3 is 0 Å². The maximum Gasteiger partial charge on any atom is 0.0710 e. The van der Waals surface area contributed by atoms with Crippen molar-refractivity contribution in [2.75, 3.05) is 11.5 Å². The van der Waals surface area contributed by atoms with Crippen LogP contribution >= 0.6 is 46.7 Å². The van der Waals surface area contributed by atoms with Crippen LogP contribution in [0.25, 0.3) is 0 Å². The Morgan fingerprint density at radius 3 is 2.79 bits per heavy atom. The summed E-state index contributed by atoms with van der Waals surface area (Å²) in [4.78, 5) is 0. The van der Waals surface area contributed by atoms with Crippen LogP contribution < -0.4 is 0 Å². The van der Waals surface area contributed by atoms with Crippen molar-refractivity contribution >= 4 is 46.7 Å². The van der Waals surface area contributed by atoms with Gasteiger partial charge in [0.25, 0.3) is 0 Å². The number of aliphatic hydroxyl groups is 1. The number of rotatable bonds is 4. The Balaban J connectivity index is 2.06. The van der Waals surface area contributed by atoms with Gasteiger partial charge in [-0.2, -0.15) is 23.5 Å². The number of aliphatic hydroxyl groups excluding tert-OH is 1. The van der Waals surface area contributed by atoms with E-state index in [9.17, 15) is 5.11 Å². The zero-order chi connectivity index (χ0) is 13.8. The molecule has 1 heterocycles. The Kier molecular flexibility index (Phi) is 6.22. The first kappa shape index (κ1) is 15.8. The summed E-state index contributed by atoms with van der Waals surface area (Å²) in [6.45, 7) is 2.19. The summed E-state index contributed by atoms with van der Waals surface area (Å²) in [6.07, 6.45) is 1.32. The van der Waals surface area contributed by atoms with Gasteiger partial charge in [0, 0.05) is 38.5 Å². The van der Waals surface area contributed by atoms with E-state index >= 15 is 0 Å². The average molecular weight is 337 g/mol. The third-order valence-corrected chi connectivity index (χ3v) is 7.31. The highest BCUT2D eigenvalue weighted by Gasteiger charge is 2.31. The maximum atomic E-state index is 10.5. The predicted octanol–water partition coefficient (Wildman–Crippen LogP) is 4.52. The standard InChI is InChI=1S/C14H18Cl2OS2/c1-2-13-14(19-6-5-18-13)12(17)8-9-7-10(15)3-4-11(9)16/h3-4,7,12-14,17H,2,5-6,8H2,1H3. The molecule has 3 unspecified atom stereocenters. The van der Waals surface area contributed by atoms with Crippen molar-refractivity contribution in [2.24, 2.45) is 0 Å². The van der Waals surface area contributed by atoms with Crippen molar-refractivity contribution < 1.29 is 5.11 Å². The van der Waals surface area contributed by atoms with Crippen LogP contribution in [-0.4, -0.2) is 33.2 Å². The van der Waals surface area contributed by atoms with Gasteiger partial charge in [-0.15, -0.1) is 0 Å². The van der Waals surface area contributed by atoms with Crippen LogP contribution in [0.3, 0.4) is 0 Å². The monoisotopic (exact) mass is 336 g/mol. The second-order valence-electron chi connectivity index (χ2n) is 4.66. The summed E-state index contributed by atoms with van der Waals surface area (Å²) >= 11 is 16.0. The summed E-state index contributed by atoms with van der Waals surface area (Å²) in [6, 6.07) is 5.43. The van der Waals surface area contributed by atoms with Crippen LogP contribution in [-0.2, 0) is 6.42 Å². The molecule has 1 saturated heterocycles. The normalized spacial score (nSPS) is 25.3. The number of benzene rings is 1. The molecule has 0 radical (unpaired) electrons. The molecular weight excluding hydrogens is 319 g/mol. The van der Waals surface area contributed by atoms with Crippen LogP contribution in [0.4, 0.5) is 0 Å². The second-order valence-corrected chi connectivity index (χ2v) is 8.14. The quantitative estimate of drug-likeness (QED) is 0.872. The highest BCUT2D eigenvalue weighted by Crippen LogP contribution is 2.36. The molecule has 1 aliphatic heterocycles. The van der Waals surface area contributed by atoms with E-state index in [1.54, 1.807) is 12.1 Å². The fraction of sp³-hybridized carbons (Fsp3) is 0.571. The van der Waals surface area contributed by atoms with Gasteiger partial charge in [0.15, 0.2) is 0 Å². The molecule has 1 fully saturated rings. The smallest absolute Gasteiger partial charge is 0.0710 e. The van der Waals surface area contributed by atoms with Gasteiger partial charge in [0.1, 0.15) is 0 Å². The Morgan fingerprint density at radius 2 is 2.05 bits per heavy atom. The fourth-order valence-electron chi connectivity index (χ4n) is 2.34. The van der Waals surface area contributed by atoms with E-state index in [0.29, 0.717) is 27.0 Å². The topological polar surface area (TPSA) is 20.2 Å². The van der Waals surface area contributed by atoms with Crippen molar-refractivity contribution in [1.82, 2.24) is 0 Å². The Morgan fingerprint density at radius 1 is 1.32 bits per heavy atom. The van der Waals surface area contributed by atoms with Gasteiger partial charge in [-0.1, -0.05) is 30.1 Å². The number of hydrogen-bond acceptors (Lipinski definition) is 3. The summed E-state index contributed by atoms with van der Waals surface area (Å²) in [5, 5.41) is 12.7. The van der Waals surface area contributed by atoms with Gasteiger partial charge in [0.2, 0.25) is 0 Å². The van der Waals surface area contributed by atoms with Crippen LogP contribution in [0.2, 0.25) is 10.0 Å². The molecule has 0 saturated carbocycles. The Hall–Kier alpha value is 0.460. The molecule has 0 amide bonds. The zero-order valence-corrected chi connectivity index (χ0v) is 14.0. The molecule has 5 heteroatoms. The Labute approximate surface area is 133 Å². The zero-order valence-electron chi connectivity index (χ0n) is 10.8. The summed E-state index contributed by atoms with van der Waals surface area (Å²) < 4.78 is 0. The number of thioether (sulfide) groups is 2. The van der Waals surface area contributed by atoms with Crippen LogP contribution in [0, 0.1) is 0 Å². The lowest BCUT2D eigenvalue weighted by Crippen LogP contribution is -2.37. The lowest BCUT2D eigenvalue weighted by molar-refractivity contribution is 0.169. The fourth-order valence-corrected chi connectivity index (χ4v) is 5.87. The van der Waals surface area contributed by atoms with E-state index in [4.69, 9.17) is 23.2 Å². The third-order valence-electron chi connectivity index (χ3n) is 3.31. The molecule has 1 N–H and O–H groups in total. The first-order valence-corrected chi connectivity index (χ1v) is 9.32. The van der Waals surface area contributed by atoms with E-state index in [2.05, 4.69) is 6.92 Å². The van der Waals surface area contributed by atoms with Gasteiger partial charge in [-0.3, -0.25) is 0 Å². The molecule has 1 aliphatic rings. The minimum absolute atomic E-state index is 0.291. The van der Waals surface area contributed by atoms with E-state index < -0.39 is 0 Å². The van der Waals surface area contributed by atoms with Crippen LogP contribution in [0.5, 0.6) is 0 Å². The minimum atomic E-state index is -0.362. The van der Waals surface area contributed by atoms with Crippen molar-refractivity contribution in [3.8, 4) is 0 Å². The molecular formula is C14H18Cl2OS2. The number of halogens is 2. The lowest BCUT2D eigenvalue weighted by atomic mass is 10.0. The van der Waals surface area contributed by atoms with Crippen molar-refractivity contribution in [1.29, 1.82) is 0 Å². The van der Waals surface area contributed by atoms with Gasteiger partial charge in [-0.05, 0) is 30.2 Å². The van der Waals surface area contributed by atoms with Crippen LogP contribution in [0.15, 0.2) is 18.2 Å². The SMILES string of the molecule is CCC1SCCSC1C(O)Cc1cc(Cl)ccc1Cl. The predicted molar refractivity (Wildman–Crippen MR) is 89.0 cm³/mol. The van der Waals surface area contributed by atoms with Gasteiger partial charge < -0.3 is 5.11 Å². The van der Waals surface area contributed by atoms with Crippen molar-refractivity contribution in [3.05, 3.63) is 33.8 Å². The molecule has 0 spiro atoms. The molecule has 0 aromatic heterocycles. The highest BCUT2D eigenvalue weighted by molar-refractivity contribution is 8.07. The first-order chi connectivity index (χ1) is 9.11. The van der Waals surface area contributed by atoms with E-state index in [1.807, 2.05) is 29.6 Å². The first-order valence-electron chi connectivity index (χ1n) is 6.47. The lowest BCUT2D eigenvalue weighted by Gasteiger charge is -2.33. The minimum Gasteiger partial charge on any atom is -0.392 e. The third kappa shape index (κ3) is 4.21. The van der Waals surface area contributed by atoms with Gasteiger partial charge in [-0.25, -0.2) is 0 Å². The molecule has 1 aromatic carbocycles. The largest absolute Gasteiger partial charge is 0.392 e. The highest BCUT2D eigenvalue weighted by atomic mass is 35.5. The van der Waals surface area contributed by atoms with Crippen molar-refractivity contribution in [3.63, 3.8) is 0 Å². The molecule has 3 atom stereocenters. The average Bonchev–Trinajstić information content (AvgIpc) is 2.42. The Bertz CT molecular complexity index is 428. The molecule has 1 aromatic rings. The van der Waals surface area contributed by atoms with E-state index in [-0.39, 0.29) is 6.10 Å². The molecule has 0 aliphatic carbocycles. The molecule has 106 valence electrons. The van der Waals surface area contributed by atoms with E-state index in [1.165, 1.54) is 5.75 Å². The van der Waals surface area contributed by atoms with Crippen LogP contribution in [0.1, 0.15) is 18.9 Å². The summed E-state index contributed by atoms with van der Waals surface area (Å²) in [5.74, 6) is 2.30. The molecule has 0 bridgehead atoms. The second kappa shape index (κ2) is 7.46. The molecule has 1 nitrogen and oxygen atoms in total. The maximum absolute atomic E-state index is 10.5. The van der Waals surface area contributed by atoms with Gasteiger partial charge in [0.05, 0.1) is 6.10 Å². The summed E-state index contributed by atoms with van der Waals surface area (Å²) in [7, 11) is 0. The van der Waals surface area contributed by atoms with E-state index in [0.717, 1.165) is 17.7 Å². The molecule has 19 heavy (non-hydrogen) atoms. The summed E-state index contributed by atoms with van der Waals surface area (Å²) in [5.41, 5.74) is 0.938.